The van der Waals surface area contributed by atoms with E-state index in [0.717, 1.165) is 17.5 Å². The standard InChI is InChI=1S/C24H32N2O4/c1-5-15-25-24(28)22(6-2)26(16-19-10-8-7-9-18(19)3)23(27)17-30-21-13-11-20(29-4)12-14-21/h7-14,22H,5-6,15-17H2,1-4H3,(H,25,28)/t22-/m1/s1. The maximum atomic E-state index is 13.1. The van der Waals surface area contributed by atoms with Crippen molar-refractivity contribution in [3.05, 3.63) is 59.7 Å². The number of hydrogen-bond donors (Lipinski definition) is 1. The lowest BCUT2D eigenvalue weighted by Gasteiger charge is -2.31. The van der Waals surface area contributed by atoms with Crippen molar-refractivity contribution in [1.82, 2.24) is 10.2 Å². The first-order valence-electron chi connectivity index (χ1n) is 10.4. The molecule has 1 N–H and O–H groups in total. The van der Waals surface area contributed by atoms with Crippen LogP contribution in [0, 0.1) is 6.92 Å². The summed E-state index contributed by atoms with van der Waals surface area (Å²) in [5.41, 5.74) is 2.09. The third-order valence-electron chi connectivity index (χ3n) is 4.96. The summed E-state index contributed by atoms with van der Waals surface area (Å²) < 4.78 is 10.8. The third kappa shape index (κ3) is 6.51. The molecule has 2 aromatic carbocycles. The van der Waals surface area contributed by atoms with Gasteiger partial charge in [0.2, 0.25) is 5.91 Å². The van der Waals surface area contributed by atoms with Gasteiger partial charge in [-0.3, -0.25) is 9.59 Å². The van der Waals surface area contributed by atoms with Crippen molar-refractivity contribution in [3.63, 3.8) is 0 Å². The Morgan fingerprint density at radius 2 is 1.70 bits per heavy atom. The van der Waals surface area contributed by atoms with E-state index in [9.17, 15) is 9.59 Å². The molecule has 6 heteroatoms. The first-order valence-corrected chi connectivity index (χ1v) is 10.4. The number of aryl methyl sites for hydroxylation is 1. The van der Waals surface area contributed by atoms with Crippen LogP contribution in [0.15, 0.2) is 48.5 Å². The van der Waals surface area contributed by atoms with E-state index in [1.807, 2.05) is 45.0 Å². The van der Waals surface area contributed by atoms with Crippen LogP contribution in [0.1, 0.15) is 37.8 Å². The highest BCUT2D eigenvalue weighted by Gasteiger charge is 2.29. The van der Waals surface area contributed by atoms with E-state index in [2.05, 4.69) is 5.32 Å². The molecule has 1 atom stereocenters. The number of carbonyl (C=O) groups is 2. The molecule has 0 aliphatic rings. The molecule has 0 aliphatic carbocycles. The molecule has 2 rings (SSSR count). The number of hydrogen-bond acceptors (Lipinski definition) is 4. The fraction of sp³-hybridized carbons (Fsp3) is 0.417. The molecule has 0 aromatic heterocycles. The van der Waals surface area contributed by atoms with Gasteiger partial charge in [0.25, 0.3) is 5.91 Å². The number of carbonyl (C=O) groups excluding carboxylic acids is 2. The molecular weight excluding hydrogens is 380 g/mol. The van der Waals surface area contributed by atoms with Crippen molar-refractivity contribution in [2.75, 3.05) is 20.3 Å². The number of nitrogens with one attached hydrogen (secondary N) is 1. The van der Waals surface area contributed by atoms with Gasteiger partial charge in [-0.1, -0.05) is 38.1 Å². The van der Waals surface area contributed by atoms with E-state index in [1.165, 1.54) is 0 Å². The van der Waals surface area contributed by atoms with Crippen LogP contribution < -0.4 is 14.8 Å². The van der Waals surface area contributed by atoms with Crippen molar-refractivity contribution in [2.24, 2.45) is 0 Å². The fourth-order valence-corrected chi connectivity index (χ4v) is 3.16. The molecule has 0 saturated carbocycles. The summed E-state index contributed by atoms with van der Waals surface area (Å²) in [6.45, 7) is 6.72. The summed E-state index contributed by atoms with van der Waals surface area (Å²) in [6.07, 6.45) is 1.37. The van der Waals surface area contributed by atoms with Gasteiger partial charge < -0.3 is 19.7 Å². The van der Waals surface area contributed by atoms with Crippen LogP contribution in [0.25, 0.3) is 0 Å². The van der Waals surface area contributed by atoms with E-state index in [0.29, 0.717) is 31.0 Å². The fourth-order valence-electron chi connectivity index (χ4n) is 3.16. The highest BCUT2D eigenvalue weighted by molar-refractivity contribution is 5.88. The smallest absolute Gasteiger partial charge is 0.261 e. The van der Waals surface area contributed by atoms with Crippen LogP contribution in [0.2, 0.25) is 0 Å². The normalized spacial score (nSPS) is 11.5. The minimum Gasteiger partial charge on any atom is -0.497 e. The number of benzene rings is 2. The summed E-state index contributed by atoms with van der Waals surface area (Å²) in [5.74, 6) is 0.926. The zero-order valence-corrected chi connectivity index (χ0v) is 18.3. The predicted octanol–water partition coefficient (Wildman–Crippen LogP) is 3.72. The van der Waals surface area contributed by atoms with Gasteiger partial charge in [-0.2, -0.15) is 0 Å². The van der Waals surface area contributed by atoms with Gasteiger partial charge in [-0.05, 0) is 55.2 Å². The lowest BCUT2D eigenvalue weighted by molar-refractivity contribution is -0.143. The second-order valence-electron chi connectivity index (χ2n) is 7.13. The Morgan fingerprint density at radius 3 is 2.30 bits per heavy atom. The van der Waals surface area contributed by atoms with Crippen LogP contribution in [0.5, 0.6) is 11.5 Å². The maximum absolute atomic E-state index is 13.1. The minimum atomic E-state index is -0.553. The van der Waals surface area contributed by atoms with E-state index in [4.69, 9.17) is 9.47 Å². The van der Waals surface area contributed by atoms with Crippen molar-refractivity contribution in [2.45, 2.75) is 46.2 Å². The molecule has 2 aromatic rings. The molecule has 0 radical (unpaired) electrons. The van der Waals surface area contributed by atoms with Gasteiger partial charge in [-0.25, -0.2) is 0 Å². The van der Waals surface area contributed by atoms with E-state index in [1.54, 1.807) is 36.3 Å². The third-order valence-corrected chi connectivity index (χ3v) is 4.96. The van der Waals surface area contributed by atoms with Crippen LogP contribution >= 0.6 is 0 Å². The van der Waals surface area contributed by atoms with Crippen LogP contribution in [0.4, 0.5) is 0 Å². The average Bonchev–Trinajstić information content (AvgIpc) is 2.77. The molecule has 6 nitrogen and oxygen atoms in total. The molecule has 30 heavy (non-hydrogen) atoms. The number of methoxy groups -OCH3 is 1. The second kappa shape index (κ2) is 11.9. The van der Waals surface area contributed by atoms with Gasteiger partial charge in [0, 0.05) is 13.1 Å². The van der Waals surface area contributed by atoms with Crippen molar-refractivity contribution >= 4 is 11.8 Å². The van der Waals surface area contributed by atoms with Crippen LogP contribution in [-0.2, 0) is 16.1 Å². The molecule has 0 aliphatic heterocycles. The molecule has 0 unspecified atom stereocenters. The lowest BCUT2D eigenvalue weighted by atomic mass is 10.1. The van der Waals surface area contributed by atoms with E-state index >= 15 is 0 Å². The van der Waals surface area contributed by atoms with Crippen LogP contribution in [0.3, 0.4) is 0 Å². The van der Waals surface area contributed by atoms with E-state index in [-0.39, 0.29) is 18.4 Å². The number of nitrogens with zero attached hydrogens (tertiary/aromatic N) is 1. The van der Waals surface area contributed by atoms with Crippen LogP contribution in [-0.4, -0.2) is 43.0 Å². The summed E-state index contributed by atoms with van der Waals surface area (Å²) in [4.78, 5) is 27.5. The maximum Gasteiger partial charge on any atom is 0.261 e. The number of rotatable bonds is 11. The Labute approximate surface area is 179 Å². The highest BCUT2D eigenvalue weighted by Crippen LogP contribution is 2.19. The predicted molar refractivity (Wildman–Crippen MR) is 118 cm³/mol. The van der Waals surface area contributed by atoms with Gasteiger partial charge in [0.05, 0.1) is 7.11 Å². The monoisotopic (exact) mass is 412 g/mol. The van der Waals surface area contributed by atoms with E-state index < -0.39 is 6.04 Å². The van der Waals surface area contributed by atoms with Gasteiger partial charge in [-0.15, -0.1) is 0 Å². The Balaban J connectivity index is 2.18. The van der Waals surface area contributed by atoms with Gasteiger partial charge in [0.1, 0.15) is 17.5 Å². The largest absolute Gasteiger partial charge is 0.497 e. The number of ether oxygens (including phenoxy) is 2. The Kier molecular flexibility index (Phi) is 9.19. The first kappa shape index (κ1) is 23.3. The SMILES string of the molecule is CCCNC(=O)[C@@H](CC)N(Cc1ccccc1C)C(=O)COc1ccc(OC)cc1. The molecule has 162 valence electrons. The zero-order valence-electron chi connectivity index (χ0n) is 18.3. The van der Waals surface area contributed by atoms with Crippen molar-refractivity contribution in [1.29, 1.82) is 0 Å². The molecule has 0 saturated heterocycles. The van der Waals surface area contributed by atoms with Gasteiger partial charge in [0.15, 0.2) is 6.61 Å². The molecule has 0 spiro atoms. The summed E-state index contributed by atoms with van der Waals surface area (Å²) in [7, 11) is 1.59. The molecular formula is C24H32N2O4. The topological polar surface area (TPSA) is 67.9 Å². The second-order valence-corrected chi connectivity index (χ2v) is 7.13. The molecule has 0 heterocycles. The lowest BCUT2D eigenvalue weighted by Crippen LogP contribution is -2.50. The Hall–Kier alpha value is -3.02. The zero-order chi connectivity index (χ0) is 21.9. The molecule has 0 bridgehead atoms. The Morgan fingerprint density at radius 1 is 1.03 bits per heavy atom. The molecule has 2 amide bonds. The Bertz CT molecular complexity index is 820. The first-order chi connectivity index (χ1) is 14.5. The summed E-state index contributed by atoms with van der Waals surface area (Å²) in [6, 6.07) is 14.4. The quantitative estimate of drug-likeness (QED) is 0.611. The minimum absolute atomic E-state index is 0.134. The molecule has 0 fully saturated rings. The van der Waals surface area contributed by atoms with Crippen molar-refractivity contribution < 1.29 is 19.1 Å². The van der Waals surface area contributed by atoms with Crippen molar-refractivity contribution in [3.8, 4) is 11.5 Å². The number of amides is 2. The highest BCUT2D eigenvalue weighted by atomic mass is 16.5. The summed E-state index contributed by atoms with van der Waals surface area (Å²) in [5, 5.41) is 2.92. The summed E-state index contributed by atoms with van der Waals surface area (Å²) >= 11 is 0. The average molecular weight is 413 g/mol. The van der Waals surface area contributed by atoms with Gasteiger partial charge >= 0.3 is 0 Å².